The lowest BCUT2D eigenvalue weighted by atomic mass is 9.93. The standard InChI is InChI=1S/C28H51ClN6O8/c1-21(30)32-9-3-6-23(26(38)19-29)18-24(37)20-35-28(40)25(31)7-8-27(39)34-11-5-13-42-15-17-43-16-14-41-12-4-10-33-22(2)36/h23,25,32H,1,3-20,30-31H2,2H3,(H,33,36)(H,34,39)(H,35,40)/t23-,25+/m1/s1. The monoisotopic (exact) mass is 634 g/mol. The Bertz CT molecular complexity index is 848. The van der Waals surface area contributed by atoms with Crippen molar-refractivity contribution in [1.29, 1.82) is 0 Å². The van der Waals surface area contributed by atoms with E-state index in [2.05, 4.69) is 27.8 Å². The molecule has 0 unspecified atom stereocenters. The maximum Gasteiger partial charge on any atom is 0.237 e. The molecule has 43 heavy (non-hydrogen) atoms. The number of carbonyl (C=O) groups is 5. The van der Waals surface area contributed by atoms with Crippen LogP contribution in [0.15, 0.2) is 12.4 Å². The number of hydrogen-bond donors (Lipinski definition) is 6. The van der Waals surface area contributed by atoms with Crippen molar-refractivity contribution in [2.75, 3.05) is 71.7 Å². The molecule has 0 aliphatic carbocycles. The smallest absolute Gasteiger partial charge is 0.237 e. The van der Waals surface area contributed by atoms with Crippen molar-refractivity contribution >= 4 is 40.9 Å². The molecule has 0 aliphatic heterocycles. The second-order valence-corrected chi connectivity index (χ2v) is 10.1. The second kappa shape index (κ2) is 26.8. The molecule has 0 aromatic carbocycles. The van der Waals surface area contributed by atoms with Gasteiger partial charge in [-0.15, -0.1) is 11.6 Å². The number of hydrogen-bond acceptors (Lipinski definition) is 11. The van der Waals surface area contributed by atoms with Gasteiger partial charge in [0.2, 0.25) is 17.7 Å². The van der Waals surface area contributed by atoms with E-state index in [9.17, 15) is 24.0 Å². The first-order valence-corrected chi connectivity index (χ1v) is 15.2. The second-order valence-electron chi connectivity index (χ2n) is 9.87. The Labute approximate surface area is 259 Å². The van der Waals surface area contributed by atoms with Gasteiger partial charge in [-0.05, 0) is 32.1 Å². The molecular weight excluding hydrogens is 584 g/mol. The van der Waals surface area contributed by atoms with Crippen LogP contribution in [0.2, 0.25) is 0 Å². The van der Waals surface area contributed by atoms with Crippen LogP contribution < -0.4 is 32.7 Å². The van der Waals surface area contributed by atoms with E-state index in [0.29, 0.717) is 84.4 Å². The molecule has 8 N–H and O–H groups in total. The van der Waals surface area contributed by atoms with Gasteiger partial charge in [0.05, 0.1) is 50.7 Å². The Morgan fingerprint density at radius 3 is 1.91 bits per heavy atom. The maximum atomic E-state index is 12.3. The van der Waals surface area contributed by atoms with Crippen molar-refractivity contribution in [3.05, 3.63) is 12.4 Å². The van der Waals surface area contributed by atoms with Gasteiger partial charge in [0.15, 0.2) is 11.6 Å². The van der Waals surface area contributed by atoms with Gasteiger partial charge >= 0.3 is 0 Å². The predicted molar refractivity (Wildman–Crippen MR) is 163 cm³/mol. The lowest BCUT2D eigenvalue weighted by Crippen LogP contribution is -2.43. The number of nitrogens with one attached hydrogen (secondary N) is 4. The third-order valence-corrected chi connectivity index (χ3v) is 6.26. The van der Waals surface area contributed by atoms with E-state index in [0.717, 1.165) is 6.42 Å². The van der Waals surface area contributed by atoms with E-state index in [1.54, 1.807) is 0 Å². The summed E-state index contributed by atoms with van der Waals surface area (Å²) in [7, 11) is 0. The van der Waals surface area contributed by atoms with Gasteiger partial charge < -0.3 is 46.9 Å². The highest BCUT2D eigenvalue weighted by Gasteiger charge is 2.22. The van der Waals surface area contributed by atoms with Crippen LogP contribution in [0.1, 0.15) is 51.9 Å². The van der Waals surface area contributed by atoms with Gasteiger partial charge in [-0.3, -0.25) is 24.0 Å². The molecule has 0 spiro atoms. The fourth-order valence-electron chi connectivity index (χ4n) is 3.64. The molecule has 0 aromatic rings. The first-order chi connectivity index (χ1) is 20.6. The minimum absolute atomic E-state index is 0.0399. The lowest BCUT2D eigenvalue weighted by molar-refractivity contribution is -0.128. The summed E-state index contributed by atoms with van der Waals surface area (Å²) >= 11 is 5.67. The number of halogens is 1. The molecular formula is C28H51ClN6O8. The number of rotatable bonds is 29. The van der Waals surface area contributed by atoms with Gasteiger partial charge in [-0.1, -0.05) is 6.58 Å². The normalized spacial score (nSPS) is 12.2. The number of nitrogens with two attached hydrogens (primary N) is 2. The Balaban J connectivity index is 3.85. The van der Waals surface area contributed by atoms with E-state index in [4.69, 9.17) is 37.3 Å². The molecule has 0 bridgehead atoms. The largest absolute Gasteiger partial charge is 0.386 e. The molecule has 0 heterocycles. The van der Waals surface area contributed by atoms with Gasteiger partial charge in [-0.2, -0.15) is 0 Å². The molecule has 0 fully saturated rings. The number of ketones is 2. The van der Waals surface area contributed by atoms with E-state index in [1.165, 1.54) is 6.92 Å². The highest BCUT2D eigenvalue weighted by atomic mass is 35.5. The van der Waals surface area contributed by atoms with Gasteiger partial charge in [0.1, 0.15) is 0 Å². The van der Waals surface area contributed by atoms with E-state index in [1.807, 2.05) is 0 Å². The summed E-state index contributed by atoms with van der Waals surface area (Å²) in [6, 6.07) is -0.952. The molecule has 0 aliphatic rings. The van der Waals surface area contributed by atoms with Crippen LogP contribution in [0.25, 0.3) is 0 Å². The molecule has 2 atom stereocenters. The highest BCUT2D eigenvalue weighted by Crippen LogP contribution is 2.14. The van der Waals surface area contributed by atoms with Crippen molar-refractivity contribution in [2.45, 2.75) is 57.9 Å². The summed E-state index contributed by atoms with van der Waals surface area (Å²) in [5.41, 5.74) is 11.3. The third kappa shape index (κ3) is 25.4. The van der Waals surface area contributed by atoms with Gasteiger partial charge in [0, 0.05) is 58.5 Å². The van der Waals surface area contributed by atoms with Crippen molar-refractivity contribution in [3.63, 3.8) is 0 Å². The molecule has 15 heteroatoms. The molecule has 0 radical (unpaired) electrons. The van der Waals surface area contributed by atoms with Crippen LogP contribution in [-0.4, -0.2) is 107 Å². The van der Waals surface area contributed by atoms with E-state index in [-0.39, 0.29) is 55.1 Å². The van der Waals surface area contributed by atoms with Gasteiger partial charge in [-0.25, -0.2) is 0 Å². The van der Waals surface area contributed by atoms with Crippen molar-refractivity contribution in [1.82, 2.24) is 21.3 Å². The minimum atomic E-state index is -0.952. The minimum Gasteiger partial charge on any atom is -0.386 e. The third-order valence-electron chi connectivity index (χ3n) is 5.99. The molecule has 0 saturated carbocycles. The Morgan fingerprint density at radius 1 is 0.791 bits per heavy atom. The lowest BCUT2D eigenvalue weighted by Gasteiger charge is -2.16. The molecule has 248 valence electrons. The quantitative estimate of drug-likeness (QED) is 0.0455. The summed E-state index contributed by atoms with van der Waals surface area (Å²) in [5.74, 6) is -1.81. The van der Waals surface area contributed by atoms with Crippen LogP contribution in [0.4, 0.5) is 0 Å². The summed E-state index contributed by atoms with van der Waals surface area (Å²) in [5, 5.41) is 10.8. The highest BCUT2D eigenvalue weighted by molar-refractivity contribution is 6.28. The SMILES string of the molecule is C=C(N)NCCC[C@H](CC(=O)CNC(=O)[C@@H](N)CCC(=O)NCCCOCCOCCOCCCNC(C)=O)C(=O)CCl. The Morgan fingerprint density at radius 2 is 1.35 bits per heavy atom. The van der Waals surface area contributed by atoms with Crippen molar-refractivity contribution in [3.8, 4) is 0 Å². The van der Waals surface area contributed by atoms with Crippen LogP contribution in [0.3, 0.4) is 0 Å². The molecule has 0 rings (SSSR count). The average Bonchev–Trinajstić information content (AvgIpc) is 2.97. The fraction of sp³-hybridized carbons (Fsp3) is 0.750. The predicted octanol–water partition coefficient (Wildman–Crippen LogP) is -0.525. The maximum absolute atomic E-state index is 12.3. The molecule has 0 aromatic heterocycles. The van der Waals surface area contributed by atoms with Gasteiger partial charge in [0.25, 0.3) is 0 Å². The van der Waals surface area contributed by atoms with E-state index >= 15 is 0 Å². The molecule has 3 amide bonds. The number of Topliss-reactive ketones (excluding diaryl/α,β-unsaturated/α-hetero) is 2. The number of alkyl halides is 1. The number of ether oxygens (including phenoxy) is 3. The van der Waals surface area contributed by atoms with Crippen LogP contribution in [-0.2, 0) is 38.2 Å². The number of carbonyl (C=O) groups excluding carboxylic acids is 5. The first kappa shape index (κ1) is 40.2. The van der Waals surface area contributed by atoms with Crippen molar-refractivity contribution in [2.24, 2.45) is 17.4 Å². The zero-order valence-electron chi connectivity index (χ0n) is 25.4. The fourth-order valence-corrected chi connectivity index (χ4v) is 3.85. The summed E-state index contributed by atoms with van der Waals surface area (Å²) in [6.07, 6.45) is 2.54. The number of amides is 3. The van der Waals surface area contributed by atoms with Crippen molar-refractivity contribution < 1.29 is 38.2 Å². The summed E-state index contributed by atoms with van der Waals surface area (Å²) in [4.78, 5) is 59.4. The Kier molecular flexibility index (Phi) is 25.1. The summed E-state index contributed by atoms with van der Waals surface area (Å²) in [6.45, 7) is 9.06. The first-order valence-electron chi connectivity index (χ1n) is 14.6. The zero-order chi connectivity index (χ0) is 32.3. The average molecular weight is 635 g/mol. The summed E-state index contributed by atoms with van der Waals surface area (Å²) < 4.78 is 16.2. The van der Waals surface area contributed by atoms with Crippen LogP contribution in [0.5, 0.6) is 0 Å². The molecule has 0 saturated heterocycles. The Hall–Kier alpha value is -2.78. The topological polar surface area (TPSA) is 213 Å². The van der Waals surface area contributed by atoms with E-state index < -0.39 is 17.9 Å². The zero-order valence-corrected chi connectivity index (χ0v) is 26.1. The molecule has 14 nitrogen and oxygen atoms in total. The van der Waals surface area contributed by atoms with Crippen LogP contribution >= 0.6 is 11.6 Å². The van der Waals surface area contributed by atoms with Crippen LogP contribution in [0, 0.1) is 5.92 Å².